The van der Waals surface area contributed by atoms with E-state index in [0.29, 0.717) is 0 Å². The standard InChI is InChI=1S/C10H7BrN2/c11-10-3-1-8(2-4-10)9-5-12-7-13-6-9/h1-7H. The summed E-state index contributed by atoms with van der Waals surface area (Å²) in [6.45, 7) is 0. The highest BCUT2D eigenvalue weighted by Crippen LogP contribution is 2.19. The highest BCUT2D eigenvalue weighted by Gasteiger charge is 1.95. The Labute approximate surface area is 84.8 Å². The largest absolute Gasteiger partial charge is 0.244 e. The van der Waals surface area contributed by atoms with Crippen LogP contribution in [0.15, 0.2) is 47.5 Å². The fourth-order valence-electron chi connectivity index (χ4n) is 1.09. The quantitative estimate of drug-likeness (QED) is 0.759. The van der Waals surface area contributed by atoms with Crippen molar-refractivity contribution in [2.75, 3.05) is 0 Å². The second-order valence-corrected chi connectivity index (χ2v) is 3.55. The van der Waals surface area contributed by atoms with E-state index < -0.39 is 0 Å². The van der Waals surface area contributed by atoms with Crippen molar-refractivity contribution in [3.63, 3.8) is 0 Å². The normalized spacial score (nSPS) is 9.92. The molecule has 1 heterocycles. The molecule has 0 bridgehead atoms. The molecule has 1 aromatic heterocycles. The van der Waals surface area contributed by atoms with E-state index in [-0.39, 0.29) is 0 Å². The molecule has 0 N–H and O–H groups in total. The molecule has 64 valence electrons. The summed E-state index contributed by atoms with van der Waals surface area (Å²) in [6.07, 6.45) is 5.13. The molecule has 0 atom stereocenters. The summed E-state index contributed by atoms with van der Waals surface area (Å²) in [5, 5.41) is 0. The minimum atomic E-state index is 1.04. The molecular weight excluding hydrogens is 228 g/mol. The van der Waals surface area contributed by atoms with Gasteiger partial charge in [-0.05, 0) is 17.7 Å². The van der Waals surface area contributed by atoms with Crippen molar-refractivity contribution in [3.05, 3.63) is 47.5 Å². The van der Waals surface area contributed by atoms with Gasteiger partial charge in [-0.1, -0.05) is 28.1 Å². The predicted molar refractivity (Wildman–Crippen MR) is 55.2 cm³/mol. The lowest BCUT2D eigenvalue weighted by Gasteiger charge is -1.98. The SMILES string of the molecule is Brc1ccc(-c2cncnc2)cc1. The molecule has 0 aliphatic rings. The molecule has 0 unspecified atom stereocenters. The molecule has 13 heavy (non-hydrogen) atoms. The van der Waals surface area contributed by atoms with E-state index >= 15 is 0 Å². The Kier molecular flexibility index (Phi) is 2.36. The van der Waals surface area contributed by atoms with Crippen LogP contribution in [0, 0.1) is 0 Å². The summed E-state index contributed by atoms with van der Waals surface area (Å²) in [6, 6.07) is 8.07. The fraction of sp³-hybridized carbons (Fsp3) is 0. The van der Waals surface area contributed by atoms with Gasteiger partial charge in [0.25, 0.3) is 0 Å². The summed E-state index contributed by atoms with van der Waals surface area (Å²) in [4.78, 5) is 7.92. The van der Waals surface area contributed by atoms with E-state index in [0.717, 1.165) is 15.6 Å². The van der Waals surface area contributed by atoms with Crippen LogP contribution in [0.25, 0.3) is 11.1 Å². The maximum Gasteiger partial charge on any atom is 0.115 e. The summed E-state index contributed by atoms with van der Waals surface area (Å²) < 4.78 is 1.08. The fourth-order valence-corrected chi connectivity index (χ4v) is 1.35. The summed E-state index contributed by atoms with van der Waals surface area (Å²) in [5.41, 5.74) is 2.17. The predicted octanol–water partition coefficient (Wildman–Crippen LogP) is 2.91. The molecule has 1 aromatic carbocycles. The molecule has 0 radical (unpaired) electrons. The Morgan fingerprint density at radius 2 is 1.46 bits per heavy atom. The van der Waals surface area contributed by atoms with E-state index in [9.17, 15) is 0 Å². The third-order valence-corrected chi connectivity index (χ3v) is 2.27. The van der Waals surface area contributed by atoms with Crippen molar-refractivity contribution in [2.24, 2.45) is 0 Å². The highest BCUT2D eigenvalue weighted by molar-refractivity contribution is 9.10. The van der Waals surface area contributed by atoms with Crippen molar-refractivity contribution >= 4 is 15.9 Å². The summed E-state index contributed by atoms with van der Waals surface area (Å²) in [7, 11) is 0. The molecule has 2 aromatic rings. The Hall–Kier alpha value is -1.22. The van der Waals surface area contributed by atoms with Crippen molar-refractivity contribution in [3.8, 4) is 11.1 Å². The second kappa shape index (κ2) is 3.66. The van der Waals surface area contributed by atoms with Gasteiger partial charge in [-0.25, -0.2) is 9.97 Å². The zero-order valence-corrected chi connectivity index (χ0v) is 8.40. The molecule has 2 rings (SSSR count). The zero-order chi connectivity index (χ0) is 9.10. The second-order valence-electron chi connectivity index (χ2n) is 2.63. The van der Waals surface area contributed by atoms with Crippen LogP contribution in [0.2, 0.25) is 0 Å². The van der Waals surface area contributed by atoms with E-state index in [1.54, 1.807) is 12.4 Å². The van der Waals surface area contributed by atoms with Crippen LogP contribution in [-0.4, -0.2) is 9.97 Å². The van der Waals surface area contributed by atoms with Crippen molar-refractivity contribution in [2.45, 2.75) is 0 Å². The highest BCUT2D eigenvalue weighted by atomic mass is 79.9. The van der Waals surface area contributed by atoms with E-state index in [1.165, 1.54) is 6.33 Å². The minimum Gasteiger partial charge on any atom is -0.244 e. The first-order valence-electron chi connectivity index (χ1n) is 3.87. The topological polar surface area (TPSA) is 25.8 Å². The van der Waals surface area contributed by atoms with Gasteiger partial charge in [-0.3, -0.25) is 0 Å². The maximum atomic E-state index is 3.96. The van der Waals surface area contributed by atoms with Crippen molar-refractivity contribution < 1.29 is 0 Å². The molecule has 2 nitrogen and oxygen atoms in total. The van der Waals surface area contributed by atoms with Gasteiger partial charge in [0.05, 0.1) is 0 Å². The maximum absolute atomic E-state index is 3.96. The van der Waals surface area contributed by atoms with Gasteiger partial charge in [0.1, 0.15) is 6.33 Å². The summed E-state index contributed by atoms with van der Waals surface area (Å²) >= 11 is 3.39. The molecule has 0 saturated heterocycles. The van der Waals surface area contributed by atoms with Gasteiger partial charge in [-0.15, -0.1) is 0 Å². The molecule has 0 amide bonds. The third kappa shape index (κ3) is 1.92. The number of aromatic nitrogens is 2. The number of nitrogens with zero attached hydrogens (tertiary/aromatic N) is 2. The molecular formula is C10H7BrN2. The first kappa shape index (κ1) is 8.38. The van der Waals surface area contributed by atoms with Gasteiger partial charge in [0.2, 0.25) is 0 Å². The van der Waals surface area contributed by atoms with Crippen LogP contribution in [0.1, 0.15) is 0 Å². The van der Waals surface area contributed by atoms with Crippen LogP contribution in [-0.2, 0) is 0 Å². The number of benzene rings is 1. The smallest absolute Gasteiger partial charge is 0.115 e. The monoisotopic (exact) mass is 234 g/mol. The zero-order valence-electron chi connectivity index (χ0n) is 6.81. The number of hydrogen-bond acceptors (Lipinski definition) is 2. The van der Waals surface area contributed by atoms with Gasteiger partial charge >= 0.3 is 0 Å². The van der Waals surface area contributed by atoms with Crippen LogP contribution >= 0.6 is 15.9 Å². The molecule has 3 heteroatoms. The van der Waals surface area contributed by atoms with Gasteiger partial charge in [-0.2, -0.15) is 0 Å². The molecule has 0 saturated carbocycles. The number of hydrogen-bond donors (Lipinski definition) is 0. The Morgan fingerprint density at radius 1 is 0.846 bits per heavy atom. The van der Waals surface area contributed by atoms with Crippen LogP contribution in [0.5, 0.6) is 0 Å². The van der Waals surface area contributed by atoms with Crippen LogP contribution in [0.3, 0.4) is 0 Å². The van der Waals surface area contributed by atoms with Gasteiger partial charge in [0, 0.05) is 22.4 Å². The lowest BCUT2D eigenvalue weighted by molar-refractivity contribution is 1.17. The van der Waals surface area contributed by atoms with Crippen molar-refractivity contribution in [1.29, 1.82) is 0 Å². The average Bonchev–Trinajstić information content (AvgIpc) is 2.20. The van der Waals surface area contributed by atoms with E-state index in [1.807, 2.05) is 24.3 Å². The minimum absolute atomic E-state index is 1.04. The third-order valence-electron chi connectivity index (χ3n) is 1.74. The summed E-state index contributed by atoms with van der Waals surface area (Å²) in [5.74, 6) is 0. The number of halogens is 1. The lowest BCUT2D eigenvalue weighted by Crippen LogP contribution is -1.80. The Morgan fingerprint density at radius 3 is 2.08 bits per heavy atom. The Balaban J connectivity index is 2.42. The van der Waals surface area contributed by atoms with Gasteiger partial charge < -0.3 is 0 Å². The van der Waals surface area contributed by atoms with Crippen molar-refractivity contribution in [1.82, 2.24) is 9.97 Å². The Bertz CT molecular complexity index is 383. The first-order valence-corrected chi connectivity index (χ1v) is 4.66. The van der Waals surface area contributed by atoms with Crippen LogP contribution in [0.4, 0.5) is 0 Å². The first-order chi connectivity index (χ1) is 6.36. The van der Waals surface area contributed by atoms with E-state index in [4.69, 9.17) is 0 Å². The molecule has 0 spiro atoms. The number of rotatable bonds is 1. The van der Waals surface area contributed by atoms with Gasteiger partial charge in [0.15, 0.2) is 0 Å². The lowest BCUT2D eigenvalue weighted by atomic mass is 10.1. The average molecular weight is 235 g/mol. The van der Waals surface area contributed by atoms with E-state index in [2.05, 4.69) is 25.9 Å². The van der Waals surface area contributed by atoms with Crippen LogP contribution < -0.4 is 0 Å². The molecule has 0 aliphatic carbocycles. The molecule has 0 fully saturated rings. The molecule has 0 aliphatic heterocycles.